The third-order valence-electron chi connectivity index (χ3n) is 5.11. The number of benzene rings is 2. The van der Waals surface area contributed by atoms with Crippen LogP contribution in [0.3, 0.4) is 0 Å². The molecule has 1 atom stereocenters. The monoisotopic (exact) mass is 431 g/mol. The van der Waals surface area contributed by atoms with E-state index in [1.807, 2.05) is 55.5 Å². The zero-order chi connectivity index (χ0) is 21.4. The van der Waals surface area contributed by atoms with Crippen molar-refractivity contribution in [3.8, 4) is 11.4 Å². The third kappa shape index (κ3) is 3.39. The van der Waals surface area contributed by atoms with Crippen LogP contribution in [0.25, 0.3) is 16.5 Å². The average Bonchev–Trinajstić information content (AvgIpc) is 2.79. The highest BCUT2D eigenvalue weighted by Crippen LogP contribution is 2.34. The van der Waals surface area contributed by atoms with Gasteiger partial charge in [-0.1, -0.05) is 41.9 Å². The fraction of sp³-hybridized carbons (Fsp3) is 0.0870. The minimum Gasteiger partial charge on any atom is -0.456 e. The van der Waals surface area contributed by atoms with Crippen LogP contribution in [0.5, 0.6) is 5.75 Å². The number of para-hydroxylation sites is 1. The van der Waals surface area contributed by atoms with Crippen molar-refractivity contribution in [2.45, 2.75) is 13.0 Å². The number of fused-ring (bicyclic) bond motifs is 2. The van der Waals surface area contributed by atoms with E-state index in [9.17, 15) is 4.79 Å². The molecule has 31 heavy (non-hydrogen) atoms. The van der Waals surface area contributed by atoms with Crippen molar-refractivity contribution in [1.82, 2.24) is 14.5 Å². The van der Waals surface area contributed by atoms with E-state index in [1.54, 1.807) is 16.8 Å². The van der Waals surface area contributed by atoms with Gasteiger partial charge in [0.05, 0.1) is 16.5 Å². The van der Waals surface area contributed by atoms with E-state index >= 15 is 0 Å². The number of nitrogens with one attached hydrogen (secondary N) is 2. The molecule has 0 bridgehead atoms. The number of ether oxygens (including phenoxy) is 1. The van der Waals surface area contributed by atoms with Crippen molar-refractivity contribution in [3.05, 3.63) is 94.5 Å². The maximum Gasteiger partial charge on any atom is 0.264 e. The van der Waals surface area contributed by atoms with Gasteiger partial charge in [0.2, 0.25) is 5.75 Å². The summed E-state index contributed by atoms with van der Waals surface area (Å²) in [6, 6.07) is 16.6. The molecule has 2 aromatic carbocycles. The molecule has 1 aliphatic rings. The Hall–Kier alpha value is -3.84. The Morgan fingerprint density at radius 1 is 1.13 bits per heavy atom. The van der Waals surface area contributed by atoms with Gasteiger partial charge in [0, 0.05) is 17.6 Å². The standard InChI is InChI=1S/C23H18ClN5O2/c1-14(28-22-20-21(26-13-27-22)25-10-11-31-20)18-12-15-6-5-9-17(24)19(15)23(30)29(18)16-7-3-2-4-8-16/h2-14H,1H3,(H2,25,26,27,28)/t14-/m0/s1. The molecule has 3 heterocycles. The summed E-state index contributed by atoms with van der Waals surface area (Å²) in [6.45, 7) is 1.96. The molecule has 8 heteroatoms. The van der Waals surface area contributed by atoms with Gasteiger partial charge in [-0.2, -0.15) is 0 Å². The summed E-state index contributed by atoms with van der Waals surface area (Å²) in [4.78, 5) is 22.1. The highest BCUT2D eigenvalue weighted by atomic mass is 35.5. The fourth-order valence-corrected chi connectivity index (χ4v) is 3.95. The number of anilines is 2. The molecule has 4 aromatic rings. The summed E-state index contributed by atoms with van der Waals surface area (Å²) in [5.41, 5.74) is 1.34. The minimum absolute atomic E-state index is 0.177. The predicted molar refractivity (Wildman–Crippen MR) is 122 cm³/mol. The quantitative estimate of drug-likeness (QED) is 0.479. The van der Waals surface area contributed by atoms with Crippen LogP contribution in [0.2, 0.25) is 5.02 Å². The van der Waals surface area contributed by atoms with E-state index in [1.165, 1.54) is 12.6 Å². The zero-order valence-corrected chi connectivity index (χ0v) is 17.3. The summed E-state index contributed by atoms with van der Waals surface area (Å²) in [7, 11) is 0. The molecule has 5 rings (SSSR count). The van der Waals surface area contributed by atoms with E-state index in [0.717, 1.165) is 16.8 Å². The number of rotatable bonds is 4. The summed E-state index contributed by atoms with van der Waals surface area (Å²) >= 11 is 6.39. The Kier molecular flexibility index (Phi) is 4.80. The van der Waals surface area contributed by atoms with E-state index in [-0.39, 0.29) is 11.6 Å². The summed E-state index contributed by atoms with van der Waals surface area (Å²) < 4.78 is 7.28. The van der Waals surface area contributed by atoms with Gasteiger partial charge < -0.3 is 15.4 Å². The number of halogens is 1. The first-order valence-electron chi connectivity index (χ1n) is 9.73. The molecule has 0 saturated heterocycles. The lowest BCUT2D eigenvalue weighted by atomic mass is 10.1. The number of hydrogen-bond acceptors (Lipinski definition) is 6. The van der Waals surface area contributed by atoms with Crippen molar-refractivity contribution < 1.29 is 4.74 Å². The van der Waals surface area contributed by atoms with Crippen LogP contribution in [0.4, 0.5) is 11.6 Å². The molecule has 1 aliphatic heterocycles. The Bertz CT molecular complexity index is 1370. The third-order valence-corrected chi connectivity index (χ3v) is 5.43. The smallest absolute Gasteiger partial charge is 0.264 e. The van der Waals surface area contributed by atoms with Crippen molar-refractivity contribution in [1.29, 1.82) is 0 Å². The second-order valence-corrected chi connectivity index (χ2v) is 7.49. The Morgan fingerprint density at radius 2 is 1.97 bits per heavy atom. The average molecular weight is 432 g/mol. The topological polar surface area (TPSA) is 81.1 Å². The molecule has 0 fully saturated rings. The van der Waals surface area contributed by atoms with Gasteiger partial charge in [0.1, 0.15) is 12.6 Å². The minimum atomic E-state index is -0.287. The lowest BCUT2D eigenvalue weighted by molar-refractivity contribution is 0.473. The van der Waals surface area contributed by atoms with Crippen molar-refractivity contribution in [2.75, 3.05) is 10.6 Å². The first-order chi connectivity index (χ1) is 15.1. The molecule has 7 nitrogen and oxygen atoms in total. The van der Waals surface area contributed by atoms with Gasteiger partial charge in [0.25, 0.3) is 5.56 Å². The van der Waals surface area contributed by atoms with Crippen LogP contribution < -0.4 is 20.9 Å². The van der Waals surface area contributed by atoms with Gasteiger partial charge >= 0.3 is 0 Å². The second kappa shape index (κ2) is 7.77. The fourth-order valence-electron chi connectivity index (χ4n) is 3.69. The largest absolute Gasteiger partial charge is 0.456 e. The zero-order valence-electron chi connectivity index (χ0n) is 16.5. The van der Waals surface area contributed by atoms with Gasteiger partial charge in [-0.25, -0.2) is 9.97 Å². The maximum absolute atomic E-state index is 13.5. The van der Waals surface area contributed by atoms with E-state index < -0.39 is 0 Å². The molecular formula is C23H18ClN5O2. The Balaban J connectivity index is 1.67. The van der Waals surface area contributed by atoms with Crippen LogP contribution >= 0.6 is 11.6 Å². The molecule has 0 amide bonds. The SMILES string of the molecule is C[C@H](Nc1ncnc2c1OC=CN2)c1cc2cccc(Cl)c2c(=O)n1-c1ccccc1. The number of hydrogen-bond donors (Lipinski definition) is 2. The molecule has 0 radical (unpaired) electrons. The normalized spacial score (nSPS) is 13.2. The number of aromatic nitrogens is 3. The predicted octanol–water partition coefficient (Wildman–Crippen LogP) is 4.88. The van der Waals surface area contributed by atoms with E-state index in [0.29, 0.717) is 27.8 Å². The Morgan fingerprint density at radius 3 is 2.81 bits per heavy atom. The Labute approximate surface area is 183 Å². The lowest BCUT2D eigenvalue weighted by Crippen LogP contribution is -2.26. The molecule has 0 saturated carbocycles. The van der Waals surface area contributed by atoms with Gasteiger partial charge in [0.15, 0.2) is 11.6 Å². The van der Waals surface area contributed by atoms with Crippen molar-refractivity contribution in [3.63, 3.8) is 0 Å². The van der Waals surface area contributed by atoms with Crippen LogP contribution in [0, 0.1) is 0 Å². The molecule has 2 N–H and O–H groups in total. The highest BCUT2D eigenvalue weighted by Gasteiger charge is 2.21. The lowest BCUT2D eigenvalue weighted by Gasteiger charge is -2.23. The van der Waals surface area contributed by atoms with Gasteiger partial charge in [-0.05, 0) is 36.6 Å². The van der Waals surface area contributed by atoms with Crippen LogP contribution in [0.15, 0.2) is 78.2 Å². The molecule has 0 spiro atoms. The van der Waals surface area contributed by atoms with Crippen LogP contribution in [0.1, 0.15) is 18.7 Å². The van der Waals surface area contributed by atoms with Crippen LogP contribution in [-0.4, -0.2) is 14.5 Å². The number of nitrogens with zero attached hydrogens (tertiary/aromatic N) is 3. The first kappa shape index (κ1) is 19.1. The summed E-state index contributed by atoms with van der Waals surface area (Å²) in [5.74, 6) is 1.58. The van der Waals surface area contributed by atoms with E-state index in [2.05, 4.69) is 20.6 Å². The maximum atomic E-state index is 13.5. The second-order valence-electron chi connectivity index (χ2n) is 7.08. The van der Waals surface area contributed by atoms with E-state index in [4.69, 9.17) is 16.3 Å². The van der Waals surface area contributed by atoms with Crippen molar-refractivity contribution in [2.24, 2.45) is 0 Å². The van der Waals surface area contributed by atoms with Crippen molar-refractivity contribution >= 4 is 34.0 Å². The van der Waals surface area contributed by atoms with Gasteiger partial charge in [-0.15, -0.1) is 0 Å². The highest BCUT2D eigenvalue weighted by molar-refractivity contribution is 6.35. The van der Waals surface area contributed by atoms with Crippen LogP contribution in [-0.2, 0) is 0 Å². The van der Waals surface area contributed by atoms with Gasteiger partial charge in [-0.3, -0.25) is 9.36 Å². The number of pyridine rings is 1. The summed E-state index contributed by atoms with van der Waals surface area (Å²) in [6.07, 6.45) is 4.63. The molecule has 2 aromatic heterocycles. The summed E-state index contributed by atoms with van der Waals surface area (Å²) in [5, 5.41) is 8.08. The molecule has 154 valence electrons. The molecule has 0 unspecified atom stereocenters. The first-order valence-corrected chi connectivity index (χ1v) is 10.1. The molecule has 0 aliphatic carbocycles. The molecular weight excluding hydrogens is 414 g/mol.